The first-order chi connectivity index (χ1) is 11.1. The number of amides is 2. The van der Waals surface area contributed by atoms with Gasteiger partial charge in [0.1, 0.15) is 0 Å². The van der Waals surface area contributed by atoms with E-state index in [0.717, 1.165) is 37.0 Å². The zero-order chi connectivity index (χ0) is 15.6. The molecule has 0 aliphatic heterocycles. The van der Waals surface area contributed by atoms with Crippen LogP contribution in [0.25, 0.3) is 0 Å². The Morgan fingerprint density at radius 3 is 1.83 bits per heavy atom. The van der Waals surface area contributed by atoms with Crippen molar-refractivity contribution in [3.63, 3.8) is 0 Å². The van der Waals surface area contributed by atoms with Crippen molar-refractivity contribution in [3.05, 3.63) is 0 Å². The Bertz CT molecular complexity index is 496. The maximum absolute atomic E-state index is 12.8. The van der Waals surface area contributed by atoms with E-state index in [1.807, 2.05) is 0 Å². The molecule has 0 heterocycles. The van der Waals surface area contributed by atoms with Gasteiger partial charge in [-0.05, 0) is 81.0 Å². The lowest BCUT2D eigenvalue weighted by Crippen LogP contribution is -2.57. The summed E-state index contributed by atoms with van der Waals surface area (Å²) >= 11 is 0. The summed E-state index contributed by atoms with van der Waals surface area (Å²) in [4.78, 5) is 25.2. The van der Waals surface area contributed by atoms with Gasteiger partial charge in [-0.2, -0.15) is 0 Å². The minimum Gasteiger partial charge on any atom is -0.273 e. The normalized spacial score (nSPS) is 49.4. The van der Waals surface area contributed by atoms with Gasteiger partial charge in [0.15, 0.2) is 0 Å². The largest absolute Gasteiger partial charge is 0.273 e. The van der Waals surface area contributed by atoms with E-state index in [4.69, 9.17) is 0 Å². The monoisotopic (exact) mass is 316 g/mol. The molecule has 0 saturated heterocycles. The molecule has 0 aromatic heterocycles. The molecule has 6 fully saturated rings. The van der Waals surface area contributed by atoms with E-state index in [9.17, 15) is 9.59 Å². The van der Waals surface area contributed by atoms with Crippen molar-refractivity contribution in [2.24, 2.45) is 40.9 Å². The van der Waals surface area contributed by atoms with Gasteiger partial charge in [-0.25, -0.2) is 0 Å². The lowest BCUT2D eigenvalue weighted by Gasteiger charge is -2.55. The summed E-state index contributed by atoms with van der Waals surface area (Å²) in [6.07, 6.45) is 12.1. The third-order valence-corrected chi connectivity index (χ3v) is 7.78. The molecule has 0 aromatic rings. The lowest BCUT2D eigenvalue weighted by atomic mass is 9.49. The van der Waals surface area contributed by atoms with Crippen LogP contribution in [0.15, 0.2) is 0 Å². The molecule has 4 heteroatoms. The van der Waals surface area contributed by atoms with Gasteiger partial charge < -0.3 is 0 Å². The Morgan fingerprint density at radius 1 is 0.783 bits per heavy atom. The molecule has 6 aliphatic carbocycles. The Balaban J connectivity index is 1.20. The minimum absolute atomic E-state index is 0.0694. The maximum Gasteiger partial charge on any atom is 0.244 e. The molecule has 6 aliphatic rings. The van der Waals surface area contributed by atoms with E-state index in [0.29, 0.717) is 11.8 Å². The molecule has 2 N–H and O–H groups in total. The maximum atomic E-state index is 12.8. The van der Waals surface area contributed by atoms with E-state index in [1.165, 1.54) is 44.9 Å². The highest BCUT2D eigenvalue weighted by molar-refractivity contribution is 5.88. The third kappa shape index (κ3) is 2.24. The van der Waals surface area contributed by atoms with Crippen molar-refractivity contribution in [1.82, 2.24) is 10.9 Å². The zero-order valence-electron chi connectivity index (χ0n) is 13.9. The quantitative estimate of drug-likeness (QED) is 0.770. The highest BCUT2D eigenvalue weighted by atomic mass is 16.2. The average Bonchev–Trinajstić information content (AvgIpc) is 3.25. The highest BCUT2D eigenvalue weighted by Gasteiger charge is 2.56. The van der Waals surface area contributed by atoms with Gasteiger partial charge in [-0.15, -0.1) is 0 Å². The van der Waals surface area contributed by atoms with Gasteiger partial charge in [0.2, 0.25) is 11.8 Å². The molecule has 6 saturated carbocycles. The minimum atomic E-state index is -0.168. The Kier molecular flexibility index (Phi) is 3.09. The summed E-state index contributed by atoms with van der Waals surface area (Å²) in [7, 11) is 0. The molecule has 6 rings (SSSR count). The Labute approximate surface area is 138 Å². The second kappa shape index (κ2) is 4.97. The van der Waals surface area contributed by atoms with Gasteiger partial charge in [-0.3, -0.25) is 20.4 Å². The summed E-state index contributed by atoms with van der Waals surface area (Å²) in [5.74, 6) is 3.82. The van der Waals surface area contributed by atoms with Gasteiger partial charge in [0.05, 0.1) is 5.41 Å². The number of hydrogen-bond acceptors (Lipinski definition) is 2. The molecule has 2 atom stereocenters. The Hall–Kier alpha value is -1.06. The molecule has 0 unspecified atom stereocenters. The fourth-order valence-corrected chi connectivity index (χ4v) is 7.10. The topological polar surface area (TPSA) is 58.2 Å². The average molecular weight is 316 g/mol. The second-order valence-corrected chi connectivity index (χ2v) is 9.28. The standard InChI is InChI=1S/C19H28N2O2/c22-17(16-14-3-1-2-4-15(14)16)20-21-18(23)19-8-11-5-12(9-19)7-13(6-11)10-19/h11-16H,1-10H2,(H,20,22)(H,21,23)/t11?,12?,13?,14-,15-,19?/m0/s1. The molecule has 126 valence electrons. The predicted molar refractivity (Wildman–Crippen MR) is 85.8 cm³/mol. The molecule has 0 radical (unpaired) electrons. The van der Waals surface area contributed by atoms with E-state index >= 15 is 0 Å². The number of carbonyl (C=O) groups is 2. The van der Waals surface area contributed by atoms with Crippen LogP contribution in [-0.4, -0.2) is 11.8 Å². The molecule has 2 amide bonds. The molecule has 4 nitrogen and oxygen atoms in total. The number of carbonyl (C=O) groups excluding carboxylic acids is 2. The third-order valence-electron chi connectivity index (χ3n) is 7.78. The van der Waals surface area contributed by atoms with E-state index in [1.54, 1.807) is 0 Å². The molecule has 0 spiro atoms. The van der Waals surface area contributed by atoms with Crippen molar-refractivity contribution in [3.8, 4) is 0 Å². The molecule has 4 bridgehead atoms. The van der Waals surface area contributed by atoms with Crippen LogP contribution in [0.5, 0.6) is 0 Å². The van der Waals surface area contributed by atoms with Gasteiger partial charge >= 0.3 is 0 Å². The van der Waals surface area contributed by atoms with E-state index in [2.05, 4.69) is 10.9 Å². The van der Waals surface area contributed by atoms with Gasteiger partial charge in [0, 0.05) is 5.92 Å². The lowest BCUT2D eigenvalue weighted by molar-refractivity contribution is -0.149. The number of hydrogen-bond donors (Lipinski definition) is 2. The highest BCUT2D eigenvalue weighted by Crippen LogP contribution is 2.60. The number of rotatable bonds is 2. The molecule has 23 heavy (non-hydrogen) atoms. The van der Waals surface area contributed by atoms with Crippen LogP contribution < -0.4 is 10.9 Å². The fraction of sp³-hybridized carbons (Fsp3) is 0.895. The van der Waals surface area contributed by atoms with Crippen molar-refractivity contribution in [1.29, 1.82) is 0 Å². The van der Waals surface area contributed by atoms with Crippen LogP contribution in [0, 0.1) is 40.9 Å². The zero-order valence-corrected chi connectivity index (χ0v) is 13.9. The second-order valence-electron chi connectivity index (χ2n) is 9.28. The summed E-state index contributed by atoms with van der Waals surface area (Å²) in [5.41, 5.74) is 5.45. The molecular weight excluding hydrogens is 288 g/mol. The smallest absolute Gasteiger partial charge is 0.244 e. The van der Waals surface area contributed by atoms with Crippen LogP contribution in [0.2, 0.25) is 0 Å². The van der Waals surface area contributed by atoms with Crippen molar-refractivity contribution < 1.29 is 9.59 Å². The van der Waals surface area contributed by atoms with Crippen molar-refractivity contribution in [2.75, 3.05) is 0 Å². The summed E-state index contributed by atoms with van der Waals surface area (Å²) < 4.78 is 0. The first-order valence-corrected chi connectivity index (χ1v) is 9.75. The fourth-order valence-electron chi connectivity index (χ4n) is 7.10. The van der Waals surface area contributed by atoms with Crippen LogP contribution >= 0.6 is 0 Å². The van der Waals surface area contributed by atoms with E-state index < -0.39 is 0 Å². The first kappa shape index (κ1) is 14.3. The molecule has 0 aromatic carbocycles. The summed E-state index contributed by atoms with van der Waals surface area (Å²) in [5, 5.41) is 0. The van der Waals surface area contributed by atoms with E-state index in [-0.39, 0.29) is 23.1 Å². The SMILES string of the molecule is O=C(NNC(=O)C12CC3CC(CC(C3)C1)C2)C1[C@H]2CCCC[C@H]12. The molecular formula is C19H28N2O2. The first-order valence-electron chi connectivity index (χ1n) is 9.75. The van der Waals surface area contributed by atoms with Crippen molar-refractivity contribution in [2.45, 2.75) is 64.2 Å². The van der Waals surface area contributed by atoms with Gasteiger partial charge in [-0.1, -0.05) is 12.8 Å². The van der Waals surface area contributed by atoms with Crippen LogP contribution in [0.4, 0.5) is 0 Å². The van der Waals surface area contributed by atoms with Crippen LogP contribution in [0.3, 0.4) is 0 Å². The van der Waals surface area contributed by atoms with Crippen LogP contribution in [0.1, 0.15) is 64.2 Å². The Morgan fingerprint density at radius 2 is 1.30 bits per heavy atom. The predicted octanol–water partition coefficient (Wildman–Crippen LogP) is 2.79. The van der Waals surface area contributed by atoms with Crippen LogP contribution in [-0.2, 0) is 9.59 Å². The summed E-state index contributed by atoms with van der Waals surface area (Å²) in [6.45, 7) is 0. The summed E-state index contributed by atoms with van der Waals surface area (Å²) in [6, 6.07) is 0. The number of nitrogens with one attached hydrogen (secondary N) is 2. The number of hydrazine groups is 1. The van der Waals surface area contributed by atoms with Crippen molar-refractivity contribution >= 4 is 11.8 Å². The number of fused-ring (bicyclic) bond motifs is 1. The van der Waals surface area contributed by atoms with Gasteiger partial charge in [0.25, 0.3) is 0 Å².